The van der Waals surface area contributed by atoms with Crippen LogP contribution in [0.3, 0.4) is 0 Å². The average Bonchev–Trinajstić information content (AvgIpc) is 2.77. The average molecular weight is 417 g/mol. The molecule has 0 heterocycles. The third kappa shape index (κ3) is 6.62. The highest BCUT2D eigenvalue weighted by molar-refractivity contribution is 5.63. The number of hydrogen-bond acceptors (Lipinski definition) is 0. The number of benzene rings is 2. The van der Waals surface area contributed by atoms with Crippen molar-refractivity contribution in [3.8, 4) is 11.1 Å². The third-order valence-electron chi connectivity index (χ3n) is 6.79. The number of hydrogen-bond donors (Lipinski definition) is 0. The number of aryl methyl sites for hydroxylation is 1. The minimum absolute atomic E-state index is 0.367. The van der Waals surface area contributed by atoms with E-state index in [4.69, 9.17) is 0 Å². The van der Waals surface area contributed by atoms with Gasteiger partial charge in [-0.15, -0.1) is 0 Å². The Morgan fingerprint density at radius 3 is 1.87 bits per heavy atom. The smallest absolute Gasteiger partial charge is 0.194 e. The van der Waals surface area contributed by atoms with E-state index in [1.807, 2.05) is 24.3 Å². The Balaban J connectivity index is 1.41. The van der Waals surface area contributed by atoms with Gasteiger partial charge in [0.25, 0.3) is 0 Å². The van der Waals surface area contributed by atoms with Gasteiger partial charge in [0.15, 0.2) is 17.5 Å². The molecule has 0 amide bonds. The summed E-state index contributed by atoms with van der Waals surface area (Å²) in [6, 6.07) is 9.89. The van der Waals surface area contributed by atoms with Gasteiger partial charge in [-0.25, -0.2) is 13.2 Å². The van der Waals surface area contributed by atoms with Gasteiger partial charge in [0.05, 0.1) is 0 Å². The van der Waals surface area contributed by atoms with Gasteiger partial charge in [0, 0.05) is 0 Å². The molecule has 1 fully saturated rings. The van der Waals surface area contributed by atoms with Crippen LogP contribution in [0.2, 0.25) is 0 Å². The molecule has 0 radical (unpaired) electrons. The summed E-state index contributed by atoms with van der Waals surface area (Å²) < 4.78 is 40.1. The maximum atomic E-state index is 13.5. The molecule has 0 N–H and O–H groups in total. The molecule has 0 aliphatic heterocycles. The molecule has 0 spiro atoms. The van der Waals surface area contributed by atoms with Crippen molar-refractivity contribution in [3.05, 3.63) is 59.4 Å². The second kappa shape index (κ2) is 11.6. The van der Waals surface area contributed by atoms with Gasteiger partial charge in [-0.3, -0.25) is 0 Å². The van der Waals surface area contributed by atoms with Crippen LogP contribution >= 0.6 is 0 Å². The van der Waals surface area contributed by atoms with E-state index >= 15 is 0 Å². The monoisotopic (exact) mass is 416 g/mol. The molecule has 0 aromatic heterocycles. The van der Waals surface area contributed by atoms with Crippen molar-refractivity contribution in [2.24, 2.45) is 11.8 Å². The van der Waals surface area contributed by atoms with Gasteiger partial charge in [-0.2, -0.15) is 0 Å². The maximum absolute atomic E-state index is 13.5. The predicted octanol–water partition coefficient (Wildman–Crippen LogP) is 8.87. The zero-order valence-electron chi connectivity index (χ0n) is 18.2. The Morgan fingerprint density at radius 2 is 1.27 bits per heavy atom. The third-order valence-corrected chi connectivity index (χ3v) is 6.79. The van der Waals surface area contributed by atoms with Crippen LogP contribution in [0.5, 0.6) is 0 Å². The molecule has 30 heavy (non-hydrogen) atoms. The zero-order valence-corrected chi connectivity index (χ0v) is 18.2. The van der Waals surface area contributed by atoms with Crippen molar-refractivity contribution >= 4 is 0 Å². The molecule has 0 unspecified atom stereocenters. The fourth-order valence-electron chi connectivity index (χ4n) is 4.80. The second-order valence-electron chi connectivity index (χ2n) is 9.08. The lowest BCUT2D eigenvalue weighted by Gasteiger charge is -2.28. The van der Waals surface area contributed by atoms with Crippen molar-refractivity contribution < 1.29 is 13.2 Å². The van der Waals surface area contributed by atoms with Gasteiger partial charge in [0.1, 0.15) is 0 Å². The summed E-state index contributed by atoms with van der Waals surface area (Å²) in [4.78, 5) is 0. The van der Waals surface area contributed by atoms with Crippen molar-refractivity contribution in [1.82, 2.24) is 0 Å². The first kappa shape index (κ1) is 22.9. The van der Waals surface area contributed by atoms with E-state index in [2.05, 4.69) is 6.92 Å². The molecular formula is C27H35F3. The molecule has 164 valence electrons. The Hall–Kier alpha value is -1.77. The Kier molecular flexibility index (Phi) is 8.84. The van der Waals surface area contributed by atoms with Crippen LogP contribution in [-0.2, 0) is 6.42 Å². The Labute approximate surface area is 179 Å². The van der Waals surface area contributed by atoms with Crippen molar-refractivity contribution in [3.63, 3.8) is 0 Å². The van der Waals surface area contributed by atoms with Gasteiger partial charge in [0.2, 0.25) is 0 Å². The van der Waals surface area contributed by atoms with Crippen LogP contribution in [-0.4, -0.2) is 0 Å². The topological polar surface area (TPSA) is 0 Å². The fourth-order valence-corrected chi connectivity index (χ4v) is 4.80. The highest BCUT2D eigenvalue weighted by Crippen LogP contribution is 2.34. The maximum Gasteiger partial charge on any atom is 0.194 e. The largest absolute Gasteiger partial charge is 0.204 e. The molecule has 0 atom stereocenters. The molecular weight excluding hydrogens is 381 g/mol. The van der Waals surface area contributed by atoms with E-state index in [1.165, 1.54) is 76.2 Å². The van der Waals surface area contributed by atoms with E-state index in [1.54, 1.807) is 0 Å². The molecule has 2 aromatic rings. The Bertz CT molecular complexity index is 750. The molecule has 3 heteroatoms. The van der Waals surface area contributed by atoms with E-state index in [0.29, 0.717) is 11.1 Å². The van der Waals surface area contributed by atoms with Crippen LogP contribution in [0, 0.1) is 29.3 Å². The number of halogens is 3. The molecule has 1 saturated carbocycles. The number of unbranched alkanes of at least 4 members (excludes halogenated alkanes) is 4. The van der Waals surface area contributed by atoms with E-state index in [-0.39, 0.29) is 0 Å². The van der Waals surface area contributed by atoms with Crippen molar-refractivity contribution in [2.75, 3.05) is 0 Å². The lowest BCUT2D eigenvalue weighted by Crippen LogP contribution is -2.15. The van der Waals surface area contributed by atoms with Crippen LogP contribution < -0.4 is 0 Å². The molecule has 1 aliphatic rings. The first-order chi connectivity index (χ1) is 14.6. The van der Waals surface area contributed by atoms with Crippen LogP contribution in [0.4, 0.5) is 13.2 Å². The predicted molar refractivity (Wildman–Crippen MR) is 119 cm³/mol. The first-order valence-corrected chi connectivity index (χ1v) is 11.8. The van der Waals surface area contributed by atoms with Crippen molar-refractivity contribution in [1.29, 1.82) is 0 Å². The number of rotatable bonds is 10. The summed E-state index contributed by atoms with van der Waals surface area (Å²) in [5.41, 5.74) is 2.32. The van der Waals surface area contributed by atoms with E-state index in [9.17, 15) is 13.2 Å². The summed E-state index contributed by atoms with van der Waals surface area (Å²) >= 11 is 0. The van der Waals surface area contributed by atoms with Gasteiger partial charge < -0.3 is 0 Å². The molecule has 1 aliphatic carbocycles. The highest BCUT2D eigenvalue weighted by atomic mass is 19.2. The second-order valence-corrected chi connectivity index (χ2v) is 9.08. The van der Waals surface area contributed by atoms with Crippen LogP contribution in [0.25, 0.3) is 11.1 Å². The van der Waals surface area contributed by atoms with E-state index < -0.39 is 17.5 Å². The summed E-state index contributed by atoms with van der Waals surface area (Å²) in [7, 11) is 0. The van der Waals surface area contributed by atoms with Crippen LogP contribution in [0.1, 0.15) is 83.1 Å². The fraction of sp³-hybridized carbons (Fsp3) is 0.556. The zero-order chi connectivity index (χ0) is 21.3. The molecule has 2 aromatic carbocycles. The normalized spacial score (nSPS) is 19.2. The summed E-state index contributed by atoms with van der Waals surface area (Å²) in [5.74, 6) is -1.95. The molecule has 0 nitrogen and oxygen atoms in total. The molecule has 0 saturated heterocycles. The van der Waals surface area contributed by atoms with Gasteiger partial charge in [-0.1, -0.05) is 95.4 Å². The quantitative estimate of drug-likeness (QED) is 0.268. The minimum atomic E-state index is -1.42. The lowest BCUT2D eigenvalue weighted by atomic mass is 9.77. The van der Waals surface area contributed by atoms with Gasteiger partial charge >= 0.3 is 0 Å². The highest BCUT2D eigenvalue weighted by Gasteiger charge is 2.20. The molecule has 3 rings (SSSR count). The summed E-state index contributed by atoms with van der Waals surface area (Å²) in [6.07, 6.45) is 16.1. The SMILES string of the molecule is CCCCCCC[C@H]1CC[C@H](CCc2ccc(-c3cc(F)c(F)c(F)c3)cc2)CC1. The molecule has 0 bridgehead atoms. The summed E-state index contributed by atoms with van der Waals surface area (Å²) in [5, 5.41) is 0. The lowest BCUT2D eigenvalue weighted by molar-refractivity contribution is 0.248. The standard InChI is InChI=1S/C27H35F3/c1-2-3-4-5-6-7-20-8-10-21(11-9-20)12-13-22-14-16-23(17-15-22)24-18-25(28)27(30)26(29)19-24/h14-21H,2-13H2,1H3/t20-,21-. The first-order valence-electron chi connectivity index (χ1n) is 11.8. The van der Waals surface area contributed by atoms with Gasteiger partial charge in [-0.05, 0) is 53.5 Å². The minimum Gasteiger partial charge on any atom is -0.204 e. The van der Waals surface area contributed by atoms with E-state index in [0.717, 1.165) is 30.4 Å². The Morgan fingerprint density at radius 1 is 0.700 bits per heavy atom. The van der Waals surface area contributed by atoms with Crippen LogP contribution in [0.15, 0.2) is 36.4 Å². The summed E-state index contributed by atoms with van der Waals surface area (Å²) in [6.45, 7) is 2.27. The van der Waals surface area contributed by atoms with Crippen molar-refractivity contribution in [2.45, 2.75) is 84.0 Å².